The van der Waals surface area contributed by atoms with E-state index in [1.54, 1.807) is 12.3 Å². The number of nitrogens with zero attached hydrogens (tertiary/aromatic N) is 4. The van der Waals surface area contributed by atoms with Crippen LogP contribution in [-0.2, 0) is 0 Å². The maximum Gasteiger partial charge on any atom is 0.186 e. The van der Waals surface area contributed by atoms with E-state index >= 15 is 0 Å². The van der Waals surface area contributed by atoms with Crippen molar-refractivity contribution in [2.24, 2.45) is 0 Å². The van der Waals surface area contributed by atoms with Crippen molar-refractivity contribution in [3.05, 3.63) is 65.1 Å². The maximum absolute atomic E-state index is 9.06. The van der Waals surface area contributed by atoms with Gasteiger partial charge >= 0.3 is 0 Å². The van der Waals surface area contributed by atoms with Crippen molar-refractivity contribution in [2.45, 2.75) is 31.7 Å². The number of aromatic nitrogens is 1. The Labute approximate surface area is 163 Å². The minimum absolute atomic E-state index is 0.188. The molecule has 1 saturated carbocycles. The second-order valence-corrected chi connectivity index (χ2v) is 7.53. The highest BCUT2D eigenvalue weighted by Gasteiger charge is 2.55. The number of hydrogen-bond donors (Lipinski definition) is 0. The Kier molecular flexibility index (Phi) is 3.98. The Morgan fingerprint density at radius 2 is 1.96 bits per heavy atom. The fourth-order valence-electron chi connectivity index (χ4n) is 3.71. The summed E-state index contributed by atoms with van der Waals surface area (Å²) in [6.45, 7) is 6.43. The van der Waals surface area contributed by atoms with Crippen LogP contribution in [0, 0.1) is 18.3 Å². The Balaban J connectivity index is 1.80. The molecule has 0 amide bonds. The lowest BCUT2D eigenvalue weighted by Crippen LogP contribution is -2.51. The van der Waals surface area contributed by atoms with Gasteiger partial charge in [-0.05, 0) is 56.6 Å². The molecule has 0 N–H and O–H groups in total. The molecule has 6 heteroatoms. The number of nitriles is 1. The first-order valence-electron chi connectivity index (χ1n) is 8.44. The third-order valence-electron chi connectivity index (χ3n) is 5.28. The van der Waals surface area contributed by atoms with Gasteiger partial charge in [-0.1, -0.05) is 35.9 Å². The number of rotatable bonds is 2. The van der Waals surface area contributed by atoms with E-state index in [4.69, 9.17) is 29.1 Å². The molecule has 0 unspecified atom stereocenters. The smallest absolute Gasteiger partial charge is 0.186 e. The molecule has 0 atom stereocenters. The molecule has 2 heterocycles. The van der Waals surface area contributed by atoms with Crippen LogP contribution in [0.5, 0.6) is 0 Å². The summed E-state index contributed by atoms with van der Waals surface area (Å²) in [5.41, 5.74) is 3.98. The molecular weight excluding hydrogens is 364 g/mol. The Bertz CT molecular complexity index is 957. The summed E-state index contributed by atoms with van der Waals surface area (Å²) in [5.74, 6) is 0. The SMILES string of the molecule is C=C1N(c2cnc(C#N)c(Cl)c2)C(=S)N(c2ccc(C)cc2)C12CCC2. The number of anilines is 2. The average molecular weight is 381 g/mol. The molecule has 4 nitrogen and oxygen atoms in total. The molecule has 26 heavy (non-hydrogen) atoms. The van der Waals surface area contributed by atoms with Gasteiger partial charge in [-0.3, -0.25) is 4.90 Å². The fraction of sp³-hybridized carbons (Fsp3) is 0.250. The van der Waals surface area contributed by atoms with E-state index in [0.29, 0.717) is 10.1 Å². The van der Waals surface area contributed by atoms with E-state index in [1.807, 2.05) is 11.0 Å². The number of halogens is 1. The molecule has 2 fully saturated rings. The quantitative estimate of drug-likeness (QED) is 0.688. The van der Waals surface area contributed by atoms with Crippen LogP contribution in [0.3, 0.4) is 0 Å². The van der Waals surface area contributed by atoms with E-state index in [0.717, 1.165) is 36.3 Å². The third-order valence-corrected chi connectivity index (χ3v) is 5.93. The zero-order chi connectivity index (χ0) is 18.5. The standard InChI is InChI=1S/C20H17ClN4S/c1-13-4-6-15(7-5-13)25-19(26)24(14(2)20(25)8-3-9-20)16-10-17(21)18(11-22)23-12-16/h4-7,10,12H,2-3,8-9H2,1H3. The van der Waals surface area contributed by atoms with E-state index in [2.05, 4.69) is 47.7 Å². The zero-order valence-electron chi connectivity index (χ0n) is 14.4. The van der Waals surface area contributed by atoms with Crippen LogP contribution in [0.1, 0.15) is 30.5 Å². The molecule has 1 spiro atoms. The van der Waals surface area contributed by atoms with Gasteiger partial charge < -0.3 is 4.90 Å². The summed E-state index contributed by atoms with van der Waals surface area (Å²) in [4.78, 5) is 8.30. The van der Waals surface area contributed by atoms with Gasteiger partial charge in [-0.25, -0.2) is 4.98 Å². The number of hydrogen-bond acceptors (Lipinski definition) is 3. The molecule has 1 aromatic heterocycles. The first-order valence-corrected chi connectivity index (χ1v) is 9.22. The van der Waals surface area contributed by atoms with E-state index < -0.39 is 0 Å². The van der Waals surface area contributed by atoms with Crippen molar-refractivity contribution in [3.8, 4) is 6.07 Å². The van der Waals surface area contributed by atoms with Crippen molar-refractivity contribution in [3.63, 3.8) is 0 Å². The summed E-state index contributed by atoms with van der Waals surface area (Å²) in [6.07, 6.45) is 4.79. The van der Waals surface area contributed by atoms with Crippen molar-refractivity contribution in [2.75, 3.05) is 9.80 Å². The van der Waals surface area contributed by atoms with E-state index in [-0.39, 0.29) is 11.2 Å². The lowest BCUT2D eigenvalue weighted by Gasteiger charge is -2.45. The Morgan fingerprint density at radius 3 is 2.50 bits per heavy atom. The van der Waals surface area contributed by atoms with Crippen molar-refractivity contribution in [1.29, 1.82) is 5.26 Å². The monoisotopic (exact) mass is 380 g/mol. The molecule has 4 rings (SSSR count). The first-order chi connectivity index (χ1) is 12.5. The van der Waals surface area contributed by atoms with Gasteiger partial charge in [0, 0.05) is 11.4 Å². The molecule has 130 valence electrons. The van der Waals surface area contributed by atoms with Crippen LogP contribution in [0.25, 0.3) is 0 Å². The highest BCUT2D eigenvalue weighted by molar-refractivity contribution is 7.80. The summed E-state index contributed by atoms with van der Waals surface area (Å²) >= 11 is 12.0. The van der Waals surface area contributed by atoms with Gasteiger partial charge in [0.1, 0.15) is 6.07 Å². The van der Waals surface area contributed by atoms with Crippen LogP contribution in [-0.4, -0.2) is 15.6 Å². The molecule has 1 saturated heterocycles. The Morgan fingerprint density at radius 1 is 1.27 bits per heavy atom. The van der Waals surface area contributed by atoms with Gasteiger partial charge in [0.15, 0.2) is 10.8 Å². The lowest BCUT2D eigenvalue weighted by molar-refractivity contribution is 0.311. The minimum atomic E-state index is -0.188. The summed E-state index contributed by atoms with van der Waals surface area (Å²) in [5, 5.41) is 10.0. The highest BCUT2D eigenvalue weighted by Crippen LogP contribution is 2.52. The van der Waals surface area contributed by atoms with Crippen LogP contribution in [0.2, 0.25) is 5.02 Å². The third kappa shape index (κ3) is 2.33. The fourth-order valence-corrected chi connectivity index (χ4v) is 4.41. The molecule has 2 aliphatic rings. The van der Waals surface area contributed by atoms with Crippen LogP contribution < -0.4 is 9.80 Å². The van der Waals surface area contributed by atoms with Gasteiger partial charge in [-0.15, -0.1) is 0 Å². The molecule has 0 radical (unpaired) electrons. The molecular formula is C20H17ClN4S. The number of aryl methyl sites for hydroxylation is 1. The molecule has 1 aliphatic carbocycles. The second kappa shape index (κ2) is 6.08. The predicted molar refractivity (Wildman–Crippen MR) is 108 cm³/mol. The molecule has 1 aromatic carbocycles. The first kappa shape index (κ1) is 17.0. The second-order valence-electron chi connectivity index (χ2n) is 6.76. The topological polar surface area (TPSA) is 43.2 Å². The van der Waals surface area contributed by atoms with Crippen molar-refractivity contribution >= 4 is 40.3 Å². The van der Waals surface area contributed by atoms with Crippen LogP contribution in [0.4, 0.5) is 11.4 Å². The number of thiocarbonyl (C=S) groups is 1. The highest BCUT2D eigenvalue weighted by atomic mass is 35.5. The lowest BCUT2D eigenvalue weighted by atomic mass is 9.74. The van der Waals surface area contributed by atoms with Crippen molar-refractivity contribution in [1.82, 2.24) is 4.98 Å². The van der Waals surface area contributed by atoms with Gasteiger partial charge in [-0.2, -0.15) is 5.26 Å². The zero-order valence-corrected chi connectivity index (χ0v) is 15.9. The molecule has 2 aromatic rings. The minimum Gasteiger partial charge on any atom is -0.307 e. The number of pyridine rings is 1. The van der Waals surface area contributed by atoms with Gasteiger partial charge in [0.25, 0.3) is 0 Å². The van der Waals surface area contributed by atoms with E-state index in [9.17, 15) is 0 Å². The van der Waals surface area contributed by atoms with Crippen LogP contribution in [0.15, 0.2) is 48.8 Å². The van der Waals surface area contributed by atoms with Gasteiger partial charge in [0.2, 0.25) is 0 Å². The predicted octanol–water partition coefficient (Wildman–Crippen LogP) is 4.96. The molecule has 1 aliphatic heterocycles. The maximum atomic E-state index is 9.06. The Hall–Kier alpha value is -2.42. The summed E-state index contributed by atoms with van der Waals surface area (Å²) in [6, 6.07) is 12.1. The van der Waals surface area contributed by atoms with Gasteiger partial charge in [0.05, 0.1) is 22.4 Å². The summed E-state index contributed by atoms with van der Waals surface area (Å²) < 4.78 is 0. The summed E-state index contributed by atoms with van der Waals surface area (Å²) in [7, 11) is 0. The normalized spacial score (nSPS) is 18.2. The molecule has 0 bridgehead atoms. The van der Waals surface area contributed by atoms with Crippen molar-refractivity contribution < 1.29 is 0 Å². The van der Waals surface area contributed by atoms with E-state index in [1.165, 1.54) is 5.56 Å². The van der Waals surface area contributed by atoms with Crippen LogP contribution >= 0.6 is 23.8 Å². The largest absolute Gasteiger partial charge is 0.307 e. The number of benzene rings is 1. The average Bonchev–Trinajstić information content (AvgIpc) is 2.83.